The van der Waals surface area contributed by atoms with Gasteiger partial charge in [-0.2, -0.15) is 17.0 Å². The molecule has 2 nitrogen and oxygen atoms in total. The second-order valence-electron chi connectivity index (χ2n) is 4.00. The van der Waals surface area contributed by atoms with Gasteiger partial charge >= 0.3 is 0 Å². The molecule has 1 atom stereocenters. The topological polar surface area (TPSA) is 35.8 Å². The molecule has 0 saturated carbocycles. The second-order valence-corrected chi connectivity index (χ2v) is 5.03. The summed E-state index contributed by atoms with van der Waals surface area (Å²) in [5, 5.41) is 12.2. The zero-order chi connectivity index (χ0) is 11.8. The van der Waals surface area contributed by atoms with E-state index in [0.29, 0.717) is 6.04 Å². The van der Waals surface area contributed by atoms with Crippen molar-refractivity contribution in [1.82, 2.24) is 5.32 Å². The molecule has 0 saturated heterocycles. The summed E-state index contributed by atoms with van der Waals surface area (Å²) >= 11 is 1.80. The lowest BCUT2D eigenvalue weighted by Gasteiger charge is -2.13. The first kappa shape index (κ1) is 13.1. The van der Waals surface area contributed by atoms with Crippen molar-refractivity contribution in [2.45, 2.75) is 31.7 Å². The molecule has 1 unspecified atom stereocenters. The van der Waals surface area contributed by atoms with Gasteiger partial charge in [-0.1, -0.05) is 30.3 Å². The average Bonchev–Trinajstić information content (AvgIpc) is 2.28. The third-order valence-electron chi connectivity index (χ3n) is 2.09. The number of nitriles is 1. The van der Waals surface area contributed by atoms with E-state index in [1.165, 1.54) is 5.56 Å². The maximum absolute atomic E-state index is 8.95. The van der Waals surface area contributed by atoms with Crippen molar-refractivity contribution in [1.29, 1.82) is 5.26 Å². The molecule has 0 aromatic heterocycles. The number of hydrogen-bond acceptors (Lipinski definition) is 3. The number of rotatable bonds is 6. The molecule has 0 fully saturated rings. The molecule has 1 N–H and O–H groups in total. The summed E-state index contributed by atoms with van der Waals surface area (Å²) in [7, 11) is 0. The van der Waals surface area contributed by atoms with Crippen LogP contribution in [0.2, 0.25) is 0 Å². The standard InChI is InChI=1S/C13H18N2S/c1-11(2)15-13(8-14)10-16-9-12-6-4-3-5-7-12/h3-7,11,13,15H,9-10H2,1-2H3. The average molecular weight is 234 g/mol. The van der Waals surface area contributed by atoms with Gasteiger partial charge in [0.15, 0.2) is 0 Å². The van der Waals surface area contributed by atoms with Crippen molar-refractivity contribution in [3.05, 3.63) is 35.9 Å². The fraction of sp³-hybridized carbons (Fsp3) is 0.462. The van der Waals surface area contributed by atoms with E-state index in [9.17, 15) is 0 Å². The van der Waals surface area contributed by atoms with Gasteiger partial charge in [-0.3, -0.25) is 5.32 Å². The van der Waals surface area contributed by atoms with Crippen molar-refractivity contribution >= 4 is 11.8 Å². The maximum atomic E-state index is 8.95. The molecule has 1 aromatic carbocycles. The maximum Gasteiger partial charge on any atom is 0.105 e. The Morgan fingerprint density at radius 3 is 2.56 bits per heavy atom. The number of benzene rings is 1. The highest BCUT2D eigenvalue weighted by molar-refractivity contribution is 7.98. The van der Waals surface area contributed by atoms with E-state index in [1.54, 1.807) is 11.8 Å². The van der Waals surface area contributed by atoms with Gasteiger partial charge in [-0.05, 0) is 19.4 Å². The Morgan fingerprint density at radius 1 is 1.31 bits per heavy atom. The lowest BCUT2D eigenvalue weighted by Crippen LogP contribution is -2.35. The van der Waals surface area contributed by atoms with Crippen LogP contribution in [0.3, 0.4) is 0 Å². The molecule has 1 rings (SSSR count). The van der Waals surface area contributed by atoms with Crippen LogP contribution in [0.4, 0.5) is 0 Å². The largest absolute Gasteiger partial charge is 0.299 e. The van der Waals surface area contributed by atoms with E-state index >= 15 is 0 Å². The number of thioether (sulfide) groups is 1. The quantitative estimate of drug-likeness (QED) is 0.822. The minimum Gasteiger partial charge on any atom is -0.299 e. The molecule has 0 aliphatic carbocycles. The molecule has 0 heterocycles. The molecule has 1 aromatic rings. The molecule has 0 spiro atoms. The highest BCUT2D eigenvalue weighted by Crippen LogP contribution is 2.12. The fourth-order valence-corrected chi connectivity index (χ4v) is 2.35. The van der Waals surface area contributed by atoms with Crippen LogP contribution in [0.15, 0.2) is 30.3 Å². The molecule has 16 heavy (non-hydrogen) atoms. The SMILES string of the molecule is CC(C)NC(C#N)CSCc1ccccc1. The van der Waals surface area contributed by atoms with Crippen LogP contribution < -0.4 is 5.32 Å². The third-order valence-corrected chi connectivity index (χ3v) is 3.19. The monoisotopic (exact) mass is 234 g/mol. The lowest BCUT2D eigenvalue weighted by atomic mass is 10.2. The Labute approximate surface area is 102 Å². The minimum absolute atomic E-state index is 0.0475. The van der Waals surface area contributed by atoms with E-state index in [1.807, 2.05) is 18.2 Å². The summed E-state index contributed by atoms with van der Waals surface area (Å²) < 4.78 is 0. The molecular weight excluding hydrogens is 216 g/mol. The van der Waals surface area contributed by atoms with Crippen molar-refractivity contribution in [2.24, 2.45) is 0 Å². The smallest absolute Gasteiger partial charge is 0.105 e. The fourth-order valence-electron chi connectivity index (χ4n) is 1.39. The highest BCUT2D eigenvalue weighted by atomic mass is 32.2. The van der Waals surface area contributed by atoms with E-state index in [-0.39, 0.29) is 6.04 Å². The van der Waals surface area contributed by atoms with E-state index in [4.69, 9.17) is 5.26 Å². The summed E-state index contributed by atoms with van der Waals surface area (Å²) in [6, 6.07) is 12.9. The van der Waals surface area contributed by atoms with Crippen LogP contribution in [-0.4, -0.2) is 17.8 Å². The first-order chi connectivity index (χ1) is 7.72. The lowest BCUT2D eigenvalue weighted by molar-refractivity contribution is 0.560. The van der Waals surface area contributed by atoms with Gasteiger partial charge in [0.05, 0.1) is 6.07 Å². The van der Waals surface area contributed by atoms with Gasteiger partial charge in [0, 0.05) is 17.5 Å². The van der Waals surface area contributed by atoms with Crippen LogP contribution in [0, 0.1) is 11.3 Å². The van der Waals surface area contributed by atoms with Crippen LogP contribution in [0.1, 0.15) is 19.4 Å². The normalized spacial score (nSPS) is 12.4. The predicted octanol–water partition coefficient (Wildman–Crippen LogP) is 2.81. The van der Waals surface area contributed by atoms with Gasteiger partial charge in [-0.25, -0.2) is 0 Å². The number of nitrogens with zero attached hydrogens (tertiary/aromatic N) is 1. The van der Waals surface area contributed by atoms with E-state index in [0.717, 1.165) is 11.5 Å². The Kier molecular flexibility index (Phi) is 5.99. The summed E-state index contributed by atoms with van der Waals surface area (Å²) in [5.41, 5.74) is 1.31. The molecule has 0 aliphatic rings. The highest BCUT2D eigenvalue weighted by Gasteiger charge is 2.07. The van der Waals surface area contributed by atoms with Crippen LogP contribution in [0.25, 0.3) is 0 Å². The van der Waals surface area contributed by atoms with Crippen LogP contribution in [0.5, 0.6) is 0 Å². The van der Waals surface area contributed by atoms with Crippen molar-refractivity contribution in [3.63, 3.8) is 0 Å². The summed E-state index contributed by atoms with van der Waals surface area (Å²) in [6.07, 6.45) is 0. The van der Waals surface area contributed by atoms with Gasteiger partial charge in [0.1, 0.15) is 6.04 Å². The number of hydrogen-bond donors (Lipinski definition) is 1. The van der Waals surface area contributed by atoms with Gasteiger partial charge in [-0.15, -0.1) is 0 Å². The van der Waals surface area contributed by atoms with Crippen LogP contribution in [-0.2, 0) is 5.75 Å². The summed E-state index contributed by atoms with van der Waals surface area (Å²) in [5.74, 6) is 1.81. The zero-order valence-electron chi connectivity index (χ0n) is 9.81. The molecule has 0 bridgehead atoms. The summed E-state index contributed by atoms with van der Waals surface area (Å²) in [4.78, 5) is 0. The first-order valence-corrected chi connectivity index (χ1v) is 6.65. The summed E-state index contributed by atoms with van der Waals surface area (Å²) in [6.45, 7) is 4.12. The van der Waals surface area contributed by atoms with E-state index < -0.39 is 0 Å². The Balaban J connectivity index is 2.27. The van der Waals surface area contributed by atoms with Crippen molar-refractivity contribution < 1.29 is 0 Å². The van der Waals surface area contributed by atoms with Gasteiger partial charge < -0.3 is 0 Å². The Bertz CT molecular complexity index is 330. The van der Waals surface area contributed by atoms with Crippen molar-refractivity contribution in [2.75, 3.05) is 5.75 Å². The predicted molar refractivity (Wildman–Crippen MR) is 70.3 cm³/mol. The van der Waals surface area contributed by atoms with E-state index in [2.05, 4.69) is 37.4 Å². The second kappa shape index (κ2) is 7.32. The molecule has 0 aliphatic heterocycles. The van der Waals surface area contributed by atoms with Gasteiger partial charge in [0.2, 0.25) is 0 Å². The molecular formula is C13H18N2S. The Morgan fingerprint density at radius 2 is 2.00 bits per heavy atom. The third kappa shape index (κ3) is 5.20. The minimum atomic E-state index is -0.0475. The molecule has 0 amide bonds. The van der Waals surface area contributed by atoms with Crippen LogP contribution >= 0.6 is 11.8 Å². The zero-order valence-corrected chi connectivity index (χ0v) is 10.6. The van der Waals surface area contributed by atoms with Gasteiger partial charge in [0.25, 0.3) is 0 Å². The van der Waals surface area contributed by atoms with Crippen molar-refractivity contribution in [3.8, 4) is 6.07 Å². The molecule has 3 heteroatoms. The number of nitrogens with one attached hydrogen (secondary N) is 1. The first-order valence-electron chi connectivity index (χ1n) is 5.49. The molecule has 86 valence electrons. The molecule has 0 radical (unpaired) electrons. The Hall–Kier alpha value is -0.980.